The Kier molecular flexibility index (Phi) is 2.50. The molecule has 22 heavy (non-hydrogen) atoms. The van der Waals surface area contributed by atoms with E-state index in [2.05, 4.69) is 27.8 Å². The van der Waals surface area contributed by atoms with Gasteiger partial charge < -0.3 is 9.47 Å². The predicted molar refractivity (Wildman–Crippen MR) is 91.8 cm³/mol. The second kappa shape index (κ2) is 4.33. The standard InChI is InChI=1S/C17H12N2OS2/c20-14-10-4-1-2-5-11(10)15-13(14)16(21)19-9-8-18-7-3-6-12(18)17(19)22-15/h1-7,17H,8-9H2. The summed E-state index contributed by atoms with van der Waals surface area (Å²) in [6.45, 7) is 1.78. The molecule has 0 amide bonds. The summed E-state index contributed by atoms with van der Waals surface area (Å²) >= 11 is 7.45. The van der Waals surface area contributed by atoms with E-state index in [1.807, 2.05) is 24.3 Å². The Morgan fingerprint density at radius 1 is 1.09 bits per heavy atom. The van der Waals surface area contributed by atoms with E-state index in [0.29, 0.717) is 4.99 Å². The lowest BCUT2D eigenvalue weighted by atomic mass is 10.1. The fraction of sp³-hybridized carbons (Fsp3) is 0.176. The van der Waals surface area contributed by atoms with Gasteiger partial charge in [0.05, 0.1) is 11.3 Å². The number of hydrogen-bond acceptors (Lipinski definition) is 3. The zero-order valence-corrected chi connectivity index (χ0v) is 13.3. The van der Waals surface area contributed by atoms with Crippen LogP contribution < -0.4 is 0 Å². The van der Waals surface area contributed by atoms with Gasteiger partial charge in [-0.25, -0.2) is 0 Å². The molecule has 5 heteroatoms. The van der Waals surface area contributed by atoms with E-state index in [1.54, 1.807) is 11.8 Å². The summed E-state index contributed by atoms with van der Waals surface area (Å²) in [7, 11) is 0. The molecule has 0 N–H and O–H groups in total. The summed E-state index contributed by atoms with van der Waals surface area (Å²) in [6, 6.07) is 12.1. The average molecular weight is 324 g/mol. The maximum absolute atomic E-state index is 12.7. The van der Waals surface area contributed by atoms with Crippen LogP contribution in [0.2, 0.25) is 0 Å². The molecular weight excluding hydrogens is 312 g/mol. The molecule has 0 saturated carbocycles. The highest BCUT2D eigenvalue weighted by atomic mass is 32.2. The van der Waals surface area contributed by atoms with Crippen molar-refractivity contribution in [3.8, 4) is 0 Å². The number of carbonyl (C=O) groups excluding carboxylic acids is 1. The molecule has 108 valence electrons. The van der Waals surface area contributed by atoms with Crippen LogP contribution in [0.4, 0.5) is 0 Å². The van der Waals surface area contributed by atoms with E-state index >= 15 is 0 Å². The maximum atomic E-state index is 12.7. The number of aromatic nitrogens is 1. The molecule has 3 heterocycles. The van der Waals surface area contributed by atoms with Crippen LogP contribution >= 0.6 is 24.0 Å². The van der Waals surface area contributed by atoms with Crippen molar-refractivity contribution in [3.05, 3.63) is 65.0 Å². The topological polar surface area (TPSA) is 25.2 Å². The van der Waals surface area contributed by atoms with Gasteiger partial charge in [-0.05, 0) is 12.1 Å². The van der Waals surface area contributed by atoms with Crippen LogP contribution in [0.5, 0.6) is 0 Å². The predicted octanol–water partition coefficient (Wildman–Crippen LogP) is 3.48. The van der Waals surface area contributed by atoms with E-state index in [9.17, 15) is 4.79 Å². The quantitative estimate of drug-likeness (QED) is 0.693. The molecule has 1 aromatic carbocycles. The largest absolute Gasteiger partial charge is 0.347 e. The first kappa shape index (κ1) is 12.7. The van der Waals surface area contributed by atoms with Crippen molar-refractivity contribution in [2.45, 2.75) is 11.9 Å². The second-order valence-electron chi connectivity index (χ2n) is 5.67. The van der Waals surface area contributed by atoms with Crippen molar-refractivity contribution in [2.75, 3.05) is 6.54 Å². The Balaban J connectivity index is 1.70. The lowest BCUT2D eigenvalue weighted by molar-refractivity contribution is 0.104. The van der Waals surface area contributed by atoms with Crippen LogP contribution in [0.15, 0.2) is 48.2 Å². The Bertz CT molecular complexity index is 880. The van der Waals surface area contributed by atoms with Crippen molar-refractivity contribution in [3.63, 3.8) is 0 Å². The van der Waals surface area contributed by atoms with Gasteiger partial charge >= 0.3 is 0 Å². The fourth-order valence-electron chi connectivity index (χ4n) is 3.50. The minimum atomic E-state index is 0.0857. The van der Waals surface area contributed by atoms with E-state index in [4.69, 9.17) is 12.2 Å². The number of benzene rings is 1. The molecular formula is C17H12N2OS2. The molecule has 1 aliphatic carbocycles. The molecule has 2 aromatic rings. The third-order valence-corrected chi connectivity index (χ3v) is 6.37. The molecule has 1 unspecified atom stereocenters. The number of ketones is 1. The van der Waals surface area contributed by atoms with Gasteiger partial charge in [0.15, 0.2) is 5.78 Å². The minimum absolute atomic E-state index is 0.0857. The monoisotopic (exact) mass is 324 g/mol. The third-order valence-electron chi connectivity index (χ3n) is 4.56. The summed E-state index contributed by atoms with van der Waals surface area (Å²) in [4.78, 5) is 16.7. The fourth-order valence-corrected chi connectivity index (χ4v) is 5.53. The Morgan fingerprint density at radius 2 is 1.91 bits per heavy atom. The van der Waals surface area contributed by atoms with Crippen LogP contribution in [0.25, 0.3) is 4.91 Å². The zero-order chi connectivity index (χ0) is 14.8. The van der Waals surface area contributed by atoms with Crippen molar-refractivity contribution in [1.82, 2.24) is 9.47 Å². The summed E-state index contributed by atoms with van der Waals surface area (Å²) < 4.78 is 2.28. The van der Waals surface area contributed by atoms with Crippen molar-refractivity contribution in [1.29, 1.82) is 0 Å². The first-order valence-electron chi connectivity index (χ1n) is 7.27. The Morgan fingerprint density at radius 3 is 2.77 bits per heavy atom. The number of hydrogen-bond donors (Lipinski definition) is 0. The van der Waals surface area contributed by atoms with Gasteiger partial charge in [-0.3, -0.25) is 4.79 Å². The first-order valence-corrected chi connectivity index (χ1v) is 8.55. The highest BCUT2D eigenvalue weighted by molar-refractivity contribution is 8.08. The molecule has 1 atom stereocenters. The van der Waals surface area contributed by atoms with Gasteiger partial charge in [0.1, 0.15) is 10.4 Å². The van der Waals surface area contributed by atoms with Gasteiger partial charge in [-0.15, -0.1) is 0 Å². The van der Waals surface area contributed by atoms with E-state index in [0.717, 1.165) is 34.7 Å². The molecule has 1 aromatic heterocycles. The molecule has 0 radical (unpaired) electrons. The number of carbonyl (C=O) groups is 1. The van der Waals surface area contributed by atoms with Gasteiger partial charge in [0.25, 0.3) is 0 Å². The number of Topliss-reactive ketones (excluding diaryl/α,β-unsaturated/α-hetero) is 1. The number of rotatable bonds is 0. The van der Waals surface area contributed by atoms with Gasteiger partial charge in [0.2, 0.25) is 0 Å². The lowest BCUT2D eigenvalue weighted by Gasteiger charge is -2.41. The van der Waals surface area contributed by atoms with E-state index in [-0.39, 0.29) is 11.2 Å². The Labute approximate surface area is 137 Å². The van der Waals surface area contributed by atoms with Gasteiger partial charge in [-0.1, -0.05) is 48.2 Å². The van der Waals surface area contributed by atoms with Crippen LogP contribution in [-0.4, -0.2) is 26.8 Å². The minimum Gasteiger partial charge on any atom is -0.347 e. The second-order valence-corrected chi connectivity index (χ2v) is 7.15. The molecule has 0 saturated heterocycles. The Hall–Kier alpha value is -1.85. The molecule has 3 aliphatic rings. The summed E-state index contributed by atoms with van der Waals surface area (Å²) in [5.41, 5.74) is 3.83. The molecule has 0 bridgehead atoms. The van der Waals surface area contributed by atoms with E-state index in [1.165, 1.54) is 5.69 Å². The van der Waals surface area contributed by atoms with E-state index < -0.39 is 0 Å². The lowest BCUT2D eigenvalue weighted by Crippen LogP contribution is -2.43. The first-order chi connectivity index (χ1) is 10.8. The van der Waals surface area contributed by atoms with Gasteiger partial charge in [-0.2, -0.15) is 0 Å². The smallest absolute Gasteiger partial charge is 0.197 e. The van der Waals surface area contributed by atoms with Crippen LogP contribution in [-0.2, 0) is 6.54 Å². The van der Waals surface area contributed by atoms with Crippen molar-refractivity contribution < 1.29 is 4.79 Å². The zero-order valence-electron chi connectivity index (χ0n) is 11.7. The SMILES string of the molecule is O=C1C2=C(SC3c4cccn4CCN3C2=S)c2ccccc21. The number of fused-ring (bicyclic) bond motifs is 5. The van der Waals surface area contributed by atoms with Gasteiger partial charge in [0, 0.05) is 35.3 Å². The molecule has 0 fully saturated rings. The maximum Gasteiger partial charge on any atom is 0.197 e. The summed E-state index contributed by atoms with van der Waals surface area (Å²) in [5, 5.41) is 0.175. The number of thioether (sulfide) groups is 1. The molecule has 2 aliphatic heterocycles. The summed E-state index contributed by atoms with van der Waals surface area (Å²) in [6.07, 6.45) is 2.12. The van der Waals surface area contributed by atoms with Crippen LogP contribution in [0, 0.1) is 0 Å². The molecule has 0 spiro atoms. The third kappa shape index (κ3) is 1.48. The van der Waals surface area contributed by atoms with Crippen molar-refractivity contribution >= 4 is 39.7 Å². The van der Waals surface area contributed by atoms with Crippen LogP contribution in [0.1, 0.15) is 27.0 Å². The average Bonchev–Trinajstić information content (AvgIpc) is 3.12. The summed E-state index contributed by atoms with van der Waals surface area (Å²) in [5.74, 6) is 0.0857. The number of nitrogens with zero attached hydrogens (tertiary/aromatic N) is 2. The molecule has 3 nitrogen and oxygen atoms in total. The van der Waals surface area contributed by atoms with Crippen LogP contribution in [0.3, 0.4) is 0 Å². The highest BCUT2D eigenvalue weighted by Gasteiger charge is 2.43. The normalized spacial score (nSPS) is 22.4. The molecule has 5 rings (SSSR count). The highest BCUT2D eigenvalue weighted by Crippen LogP contribution is 2.53. The number of thiocarbonyl (C=S) groups is 1. The van der Waals surface area contributed by atoms with Crippen molar-refractivity contribution in [2.24, 2.45) is 0 Å².